The molecule has 42 heavy (non-hydrogen) atoms. The summed E-state index contributed by atoms with van der Waals surface area (Å²) in [6.07, 6.45) is 0.420. The molecule has 220 valence electrons. The number of hydrogen-bond acceptors (Lipinski definition) is 6. The Morgan fingerprint density at radius 1 is 1.10 bits per heavy atom. The van der Waals surface area contributed by atoms with Crippen LogP contribution in [-0.2, 0) is 26.8 Å². The van der Waals surface area contributed by atoms with E-state index in [2.05, 4.69) is 15.6 Å². The fourth-order valence-electron chi connectivity index (χ4n) is 5.51. The van der Waals surface area contributed by atoms with E-state index in [-0.39, 0.29) is 47.2 Å². The van der Waals surface area contributed by atoms with Crippen LogP contribution in [0.2, 0.25) is 0 Å². The van der Waals surface area contributed by atoms with Crippen LogP contribution in [0.1, 0.15) is 38.3 Å². The molecule has 0 spiro atoms. The predicted molar refractivity (Wildman–Crippen MR) is 156 cm³/mol. The molecule has 0 saturated carbocycles. The number of amidine groups is 1. The fraction of sp³-hybridized carbons (Fsp3) is 0.333. The molecular formula is C30H31F2N5O4S. The number of thiophene rings is 1. The number of amides is 3. The number of nitrogens with one attached hydrogen (secondary N) is 2. The highest BCUT2D eigenvalue weighted by Gasteiger charge is 2.44. The number of carbonyl (C=O) groups excluding carboxylic acids is 3. The van der Waals surface area contributed by atoms with E-state index >= 15 is 0 Å². The van der Waals surface area contributed by atoms with Crippen molar-refractivity contribution in [1.82, 2.24) is 15.5 Å². The smallest absolute Gasteiger partial charge is 0.299 e. The van der Waals surface area contributed by atoms with Crippen LogP contribution in [0.5, 0.6) is 0 Å². The number of likely N-dealkylation sites (tertiary alicyclic amines) is 1. The minimum Gasteiger partial charge on any atom is -0.384 e. The summed E-state index contributed by atoms with van der Waals surface area (Å²) in [5.74, 6) is -4.09. The van der Waals surface area contributed by atoms with Crippen LogP contribution < -0.4 is 16.4 Å². The number of carbonyl (C=O) groups is 3. The number of methoxy groups -OCH3 is 1. The molecular weight excluding hydrogens is 564 g/mol. The summed E-state index contributed by atoms with van der Waals surface area (Å²) in [4.78, 5) is 45.7. The molecule has 0 radical (unpaired) electrons. The summed E-state index contributed by atoms with van der Waals surface area (Å²) in [6, 6.07) is 11.3. The van der Waals surface area contributed by atoms with E-state index in [4.69, 9.17) is 10.5 Å². The maximum Gasteiger partial charge on any atom is 0.299 e. The van der Waals surface area contributed by atoms with Gasteiger partial charge in [0.15, 0.2) is 0 Å². The number of halogens is 2. The first-order valence-electron chi connectivity index (χ1n) is 13.4. The normalized spacial score (nSPS) is 18.9. The summed E-state index contributed by atoms with van der Waals surface area (Å²) in [5.41, 5.74) is 7.19. The van der Waals surface area contributed by atoms with Crippen LogP contribution in [0.3, 0.4) is 0 Å². The zero-order valence-corrected chi connectivity index (χ0v) is 24.0. The lowest BCUT2D eigenvalue weighted by Gasteiger charge is -2.24. The van der Waals surface area contributed by atoms with Gasteiger partial charge in [0.05, 0.1) is 19.7 Å². The molecule has 4 N–H and O–H groups in total. The first kappa shape index (κ1) is 29.3. The summed E-state index contributed by atoms with van der Waals surface area (Å²) >= 11 is 1.44. The fourth-order valence-corrected chi connectivity index (χ4v) is 6.33. The van der Waals surface area contributed by atoms with Gasteiger partial charge in [0.25, 0.3) is 11.8 Å². The van der Waals surface area contributed by atoms with Crippen LogP contribution in [-0.4, -0.2) is 68.4 Å². The predicted octanol–water partition coefficient (Wildman–Crippen LogP) is 3.11. The zero-order chi connectivity index (χ0) is 30.0. The van der Waals surface area contributed by atoms with E-state index in [1.54, 1.807) is 32.4 Å². The number of hydrogen-bond donors (Lipinski definition) is 3. The third kappa shape index (κ3) is 5.64. The molecule has 2 aromatic carbocycles. The van der Waals surface area contributed by atoms with Crippen LogP contribution in [0, 0.1) is 5.92 Å². The van der Waals surface area contributed by atoms with E-state index in [1.165, 1.54) is 40.5 Å². The number of aliphatic imine (C=N–C) groups is 1. The Kier molecular flexibility index (Phi) is 8.37. The second kappa shape index (κ2) is 12.0. The summed E-state index contributed by atoms with van der Waals surface area (Å²) in [6.45, 7) is 0.602. The van der Waals surface area contributed by atoms with Gasteiger partial charge in [-0.1, -0.05) is 30.3 Å². The maximum absolute atomic E-state index is 14.9. The van der Waals surface area contributed by atoms with Gasteiger partial charge < -0.3 is 26.0 Å². The van der Waals surface area contributed by atoms with Gasteiger partial charge in [-0.2, -0.15) is 8.78 Å². The van der Waals surface area contributed by atoms with Crippen molar-refractivity contribution in [2.24, 2.45) is 16.6 Å². The van der Waals surface area contributed by atoms with E-state index in [1.807, 2.05) is 11.4 Å². The number of nitrogens with zero attached hydrogens (tertiary/aromatic N) is 2. The maximum atomic E-state index is 14.9. The van der Waals surface area contributed by atoms with Crippen molar-refractivity contribution < 1.29 is 27.9 Å². The summed E-state index contributed by atoms with van der Waals surface area (Å²) < 4.78 is 35.0. The van der Waals surface area contributed by atoms with Crippen LogP contribution in [0.4, 0.5) is 8.78 Å². The molecule has 1 saturated heterocycles. The average Bonchev–Trinajstić information content (AvgIpc) is 3.70. The van der Waals surface area contributed by atoms with Gasteiger partial charge in [-0.15, -0.1) is 11.3 Å². The number of alkyl halides is 2. The minimum absolute atomic E-state index is 0.0437. The number of nitrogens with two attached hydrogens (primary N) is 1. The molecule has 1 aromatic heterocycles. The lowest BCUT2D eigenvalue weighted by molar-refractivity contribution is -0.137. The van der Waals surface area contributed by atoms with Crippen LogP contribution >= 0.6 is 11.3 Å². The lowest BCUT2D eigenvalue weighted by atomic mass is 10.0. The van der Waals surface area contributed by atoms with Gasteiger partial charge in [0, 0.05) is 59.1 Å². The second-order valence-electron chi connectivity index (χ2n) is 10.3. The van der Waals surface area contributed by atoms with Crippen LogP contribution in [0.25, 0.3) is 11.1 Å². The molecule has 2 unspecified atom stereocenters. The second-order valence-corrected chi connectivity index (χ2v) is 11.3. The van der Waals surface area contributed by atoms with Crippen molar-refractivity contribution in [2.75, 3.05) is 33.9 Å². The van der Waals surface area contributed by atoms with Gasteiger partial charge in [-0.05, 0) is 35.7 Å². The Bertz CT molecular complexity index is 1560. The SMILES string of the molecule is CN=C(N)c1csc(CNC(=O)C2CC(COC)CN2C(=O)CNC(=O)c2ccc3c(c2)-c2ccccc2C3(F)F)c1. The Morgan fingerprint density at radius 3 is 2.62 bits per heavy atom. The average molecular weight is 596 g/mol. The summed E-state index contributed by atoms with van der Waals surface area (Å²) in [5, 5.41) is 7.35. The first-order chi connectivity index (χ1) is 20.1. The van der Waals surface area contributed by atoms with E-state index in [0.717, 1.165) is 10.4 Å². The molecule has 2 atom stereocenters. The number of benzene rings is 2. The van der Waals surface area contributed by atoms with E-state index in [9.17, 15) is 23.2 Å². The standard InChI is InChI=1S/C30H31F2N5O4S/c1-34-27(33)19-10-20(42-16-19)12-35-29(40)25-9-17(15-41-2)14-37(25)26(38)13-36-28(39)18-7-8-24-22(11-18)21-5-3-4-6-23(21)30(24,31)32/h3-8,10-11,16-17,25H,9,12-15H2,1-2H3,(H2,33,34)(H,35,40)(H,36,39). The third-order valence-corrected chi connectivity index (χ3v) is 8.55. The van der Waals surface area contributed by atoms with Crippen molar-refractivity contribution in [1.29, 1.82) is 0 Å². The first-order valence-corrected chi connectivity index (χ1v) is 14.3. The third-order valence-electron chi connectivity index (χ3n) is 7.62. The van der Waals surface area contributed by atoms with Crippen molar-refractivity contribution in [3.05, 3.63) is 81.0 Å². The van der Waals surface area contributed by atoms with E-state index in [0.29, 0.717) is 31.0 Å². The molecule has 2 aliphatic rings. The van der Waals surface area contributed by atoms with Crippen molar-refractivity contribution in [2.45, 2.75) is 24.9 Å². The van der Waals surface area contributed by atoms with Crippen molar-refractivity contribution in [3.8, 4) is 11.1 Å². The van der Waals surface area contributed by atoms with Gasteiger partial charge in [-0.25, -0.2) is 0 Å². The molecule has 1 aliphatic heterocycles. The number of rotatable bonds is 9. The lowest BCUT2D eigenvalue weighted by Crippen LogP contribution is -2.48. The molecule has 9 nitrogen and oxygen atoms in total. The molecule has 1 fully saturated rings. The minimum atomic E-state index is -3.15. The molecule has 1 aliphatic carbocycles. The highest BCUT2D eigenvalue weighted by Crippen LogP contribution is 2.50. The molecule has 2 heterocycles. The number of ether oxygens (including phenoxy) is 1. The molecule has 5 rings (SSSR count). The van der Waals surface area contributed by atoms with Gasteiger partial charge in [0.1, 0.15) is 11.9 Å². The monoisotopic (exact) mass is 595 g/mol. The van der Waals surface area contributed by atoms with Gasteiger partial charge >= 0.3 is 0 Å². The Hall–Kier alpha value is -4.16. The largest absolute Gasteiger partial charge is 0.384 e. The van der Waals surface area contributed by atoms with Crippen molar-refractivity contribution >= 4 is 34.9 Å². The van der Waals surface area contributed by atoms with Gasteiger partial charge in [-0.3, -0.25) is 19.4 Å². The molecule has 3 aromatic rings. The molecule has 12 heteroatoms. The van der Waals surface area contributed by atoms with E-state index < -0.39 is 23.8 Å². The molecule has 3 amide bonds. The van der Waals surface area contributed by atoms with Gasteiger partial charge in [0.2, 0.25) is 11.8 Å². The Morgan fingerprint density at radius 2 is 1.86 bits per heavy atom. The Balaban J connectivity index is 1.23. The van der Waals surface area contributed by atoms with Crippen molar-refractivity contribution in [3.63, 3.8) is 0 Å². The zero-order valence-electron chi connectivity index (χ0n) is 23.2. The topological polar surface area (TPSA) is 126 Å². The molecule has 0 bridgehead atoms. The highest BCUT2D eigenvalue weighted by molar-refractivity contribution is 7.10. The summed E-state index contributed by atoms with van der Waals surface area (Å²) in [7, 11) is 3.16. The highest BCUT2D eigenvalue weighted by atomic mass is 32.1. The quantitative estimate of drug-likeness (QED) is 0.259. The number of fused-ring (bicyclic) bond motifs is 3. The van der Waals surface area contributed by atoms with Crippen LogP contribution in [0.15, 0.2) is 58.9 Å². The Labute approximate surface area is 245 Å².